The van der Waals surface area contributed by atoms with Crippen LogP contribution in [0.4, 0.5) is 10.5 Å². The molecule has 3 heteroatoms. The minimum Gasteiger partial charge on any atom is -0.453 e. The number of nitrogens with one attached hydrogen (secondary N) is 1. The number of hydrogen-bond acceptors (Lipinski definition) is 2. The average Bonchev–Trinajstić information content (AvgIpc) is 2.09. The summed E-state index contributed by atoms with van der Waals surface area (Å²) in [5, 5.41) is 2.56. The van der Waals surface area contributed by atoms with Gasteiger partial charge in [0.05, 0.1) is 7.11 Å². The van der Waals surface area contributed by atoms with Gasteiger partial charge in [0, 0.05) is 5.69 Å². The molecular formula is C9H11NO2. The lowest BCUT2D eigenvalue weighted by molar-refractivity contribution is 0.187. The molecular weight excluding hydrogens is 154 g/mol. The fraction of sp³-hybridized carbons (Fsp3) is 0.222. The molecule has 0 spiro atoms. The lowest BCUT2D eigenvalue weighted by atomic mass is 10.2. The Morgan fingerprint density at radius 1 is 1.33 bits per heavy atom. The van der Waals surface area contributed by atoms with Crippen LogP contribution in [0.3, 0.4) is 0 Å². The van der Waals surface area contributed by atoms with Gasteiger partial charge in [0.2, 0.25) is 0 Å². The topological polar surface area (TPSA) is 38.3 Å². The van der Waals surface area contributed by atoms with E-state index >= 15 is 0 Å². The number of aryl methyl sites for hydroxylation is 1. The van der Waals surface area contributed by atoms with Crippen molar-refractivity contribution in [2.24, 2.45) is 0 Å². The maximum absolute atomic E-state index is 10.7. The number of carbonyl (C=O) groups excluding carboxylic acids is 1. The molecule has 1 amide bonds. The molecule has 64 valence electrons. The molecule has 0 aliphatic rings. The summed E-state index contributed by atoms with van der Waals surface area (Å²) >= 11 is 0. The first-order valence-electron chi connectivity index (χ1n) is 3.64. The van der Waals surface area contributed by atoms with Crippen LogP contribution in [-0.4, -0.2) is 13.2 Å². The first-order chi connectivity index (χ1) is 5.72. The van der Waals surface area contributed by atoms with E-state index in [9.17, 15) is 4.79 Å². The lowest BCUT2D eigenvalue weighted by Crippen LogP contribution is -2.10. The molecule has 0 saturated heterocycles. The molecule has 1 aromatic carbocycles. The van der Waals surface area contributed by atoms with Crippen molar-refractivity contribution in [3.8, 4) is 0 Å². The quantitative estimate of drug-likeness (QED) is 0.692. The highest BCUT2D eigenvalue weighted by Gasteiger charge is 1.97. The highest BCUT2D eigenvalue weighted by Crippen LogP contribution is 2.08. The zero-order valence-corrected chi connectivity index (χ0v) is 7.13. The number of rotatable bonds is 1. The van der Waals surface area contributed by atoms with Gasteiger partial charge in [0.15, 0.2) is 0 Å². The largest absolute Gasteiger partial charge is 0.453 e. The van der Waals surface area contributed by atoms with Crippen LogP contribution in [0.5, 0.6) is 0 Å². The molecule has 1 N–H and O–H groups in total. The van der Waals surface area contributed by atoms with E-state index in [4.69, 9.17) is 0 Å². The van der Waals surface area contributed by atoms with Gasteiger partial charge >= 0.3 is 6.09 Å². The number of anilines is 1. The van der Waals surface area contributed by atoms with Crippen LogP contribution in [0.2, 0.25) is 0 Å². The summed E-state index contributed by atoms with van der Waals surface area (Å²) in [6.07, 6.45) is -0.446. The second kappa shape index (κ2) is 3.76. The Balaban J connectivity index is 2.64. The summed E-state index contributed by atoms with van der Waals surface area (Å²) in [6, 6.07) is 7.50. The molecule has 0 unspecified atom stereocenters. The molecule has 0 heterocycles. The Morgan fingerprint density at radius 3 is 2.42 bits per heavy atom. The number of ether oxygens (including phenoxy) is 1. The van der Waals surface area contributed by atoms with Gasteiger partial charge in [-0.15, -0.1) is 0 Å². The molecule has 0 fully saturated rings. The highest BCUT2D eigenvalue weighted by atomic mass is 16.5. The monoisotopic (exact) mass is 165 g/mol. The molecule has 3 nitrogen and oxygen atoms in total. The van der Waals surface area contributed by atoms with Crippen molar-refractivity contribution in [2.45, 2.75) is 6.92 Å². The zero-order valence-electron chi connectivity index (χ0n) is 7.13. The van der Waals surface area contributed by atoms with E-state index < -0.39 is 6.09 Å². The van der Waals surface area contributed by atoms with E-state index in [-0.39, 0.29) is 0 Å². The fourth-order valence-corrected chi connectivity index (χ4v) is 0.806. The van der Waals surface area contributed by atoms with Gasteiger partial charge in [-0.2, -0.15) is 0 Å². The second-order valence-electron chi connectivity index (χ2n) is 2.48. The van der Waals surface area contributed by atoms with Crippen LogP contribution in [0.1, 0.15) is 5.56 Å². The minimum atomic E-state index is -0.446. The zero-order chi connectivity index (χ0) is 8.97. The standard InChI is InChI=1S/C9H11NO2/c1-7-3-5-8(6-4-7)10-9(11)12-2/h3-6H,1-2H3,(H,10,11). The first kappa shape index (κ1) is 8.59. The third-order valence-electron chi connectivity index (χ3n) is 1.48. The van der Waals surface area contributed by atoms with Crippen molar-refractivity contribution in [2.75, 3.05) is 12.4 Å². The van der Waals surface area contributed by atoms with Crippen molar-refractivity contribution in [1.82, 2.24) is 0 Å². The number of benzene rings is 1. The molecule has 12 heavy (non-hydrogen) atoms. The normalized spacial score (nSPS) is 9.17. The predicted molar refractivity (Wildman–Crippen MR) is 47.2 cm³/mol. The summed E-state index contributed by atoms with van der Waals surface area (Å²) in [5.74, 6) is 0. The number of hydrogen-bond donors (Lipinski definition) is 1. The molecule has 1 aromatic rings. The molecule has 1 rings (SSSR count). The van der Waals surface area contributed by atoms with E-state index in [0.717, 1.165) is 11.3 Å². The third kappa shape index (κ3) is 2.27. The van der Waals surface area contributed by atoms with Crippen LogP contribution in [0.15, 0.2) is 24.3 Å². The molecule has 0 radical (unpaired) electrons. The summed E-state index contributed by atoms with van der Waals surface area (Å²) in [5.41, 5.74) is 1.90. The van der Waals surface area contributed by atoms with Gasteiger partial charge in [-0.25, -0.2) is 4.79 Å². The maximum Gasteiger partial charge on any atom is 0.411 e. The van der Waals surface area contributed by atoms with Gasteiger partial charge in [-0.3, -0.25) is 5.32 Å². The lowest BCUT2D eigenvalue weighted by Gasteiger charge is -2.02. The smallest absolute Gasteiger partial charge is 0.411 e. The summed E-state index contributed by atoms with van der Waals surface area (Å²) in [7, 11) is 1.34. The highest BCUT2D eigenvalue weighted by molar-refractivity contribution is 5.84. The van der Waals surface area contributed by atoms with Gasteiger partial charge < -0.3 is 4.74 Å². The third-order valence-corrected chi connectivity index (χ3v) is 1.48. The van der Waals surface area contributed by atoms with Crippen molar-refractivity contribution >= 4 is 11.8 Å². The Morgan fingerprint density at radius 2 is 1.92 bits per heavy atom. The Bertz CT molecular complexity index is 266. The molecule has 0 bridgehead atoms. The SMILES string of the molecule is COC(=O)Nc1ccc(C)cc1. The van der Waals surface area contributed by atoms with Crippen molar-refractivity contribution < 1.29 is 9.53 Å². The second-order valence-corrected chi connectivity index (χ2v) is 2.48. The van der Waals surface area contributed by atoms with E-state index in [0.29, 0.717) is 0 Å². The van der Waals surface area contributed by atoms with Crippen LogP contribution >= 0.6 is 0 Å². The Hall–Kier alpha value is -1.51. The average molecular weight is 165 g/mol. The van der Waals surface area contributed by atoms with Gasteiger partial charge in [-0.1, -0.05) is 17.7 Å². The van der Waals surface area contributed by atoms with Crippen LogP contribution < -0.4 is 5.32 Å². The number of amides is 1. The molecule has 0 saturated carbocycles. The van der Waals surface area contributed by atoms with Gasteiger partial charge in [-0.05, 0) is 19.1 Å². The Labute approximate surface area is 71.4 Å². The van der Waals surface area contributed by atoms with E-state index in [1.807, 2.05) is 31.2 Å². The van der Waals surface area contributed by atoms with Crippen LogP contribution in [0, 0.1) is 6.92 Å². The van der Waals surface area contributed by atoms with Gasteiger partial charge in [0.25, 0.3) is 0 Å². The molecule has 0 aliphatic carbocycles. The van der Waals surface area contributed by atoms with E-state index in [1.165, 1.54) is 7.11 Å². The summed E-state index contributed by atoms with van der Waals surface area (Å²) in [4.78, 5) is 10.7. The number of methoxy groups -OCH3 is 1. The fourth-order valence-electron chi connectivity index (χ4n) is 0.806. The first-order valence-corrected chi connectivity index (χ1v) is 3.64. The minimum absolute atomic E-state index is 0.446. The predicted octanol–water partition coefficient (Wildman–Crippen LogP) is 2.17. The van der Waals surface area contributed by atoms with Crippen molar-refractivity contribution in [1.29, 1.82) is 0 Å². The van der Waals surface area contributed by atoms with E-state index in [2.05, 4.69) is 10.1 Å². The summed E-state index contributed by atoms with van der Waals surface area (Å²) in [6.45, 7) is 1.99. The van der Waals surface area contributed by atoms with Crippen LogP contribution in [-0.2, 0) is 4.74 Å². The van der Waals surface area contributed by atoms with Crippen LogP contribution in [0.25, 0.3) is 0 Å². The van der Waals surface area contributed by atoms with Crippen molar-refractivity contribution in [3.63, 3.8) is 0 Å². The maximum atomic E-state index is 10.7. The number of carbonyl (C=O) groups is 1. The van der Waals surface area contributed by atoms with Crippen molar-refractivity contribution in [3.05, 3.63) is 29.8 Å². The molecule has 0 aliphatic heterocycles. The molecule has 0 atom stereocenters. The van der Waals surface area contributed by atoms with E-state index in [1.54, 1.807) is 0 Å². The summed E-state index contributed by atoms with van der Waals surface area (Å²) < 4.78 is 4.43. The van der Waals surface area contributed by atoms with Gasteiger partial charge in [0.1, 0.15) is 0 Å². The Kier molecular flexibility index (Phi) is 2.69. The molecule has 0 aromatic heterocycles.